The minimum Gasteiger partial charge on any atom is -1.00 e. The minimum atomic E-state index is -0.369. The average Bonchev–Trinajstić information content (AvgIpc) is 1.62. The van der Waals surface area contributed by atoms with E-state index in [4.69, 9.17) is 16.7 Å². The second-order valence-corrected chi connectivity index (χ2v) is 3.59. The van der Waals surface area contributed by atoms with Crippen molar-refractivity contribution in [3.63, 3.8) is 0 Å². The van der Waals surface area contributed by atoms with E-state index in [9.17, 15) is 0 Å². The summed E-state index contributed by atoms with van der Waals surface area (Å²) in [6, 6.07) is 0. The Labute approximate surface area is 73.8 Å². The van der Waals surface area contributed by atoms with Gasteiger partial charge in [0.1, 0.15) is 12.6 Å². The van der Waals surface area contributed by atoms with E-state index in [-0.39, 0.29) is 18.5 Å². The summed E-state index contributed by atoms with van der Waals surface area (Å²) in [5.41, 5.74) is 0. The van der Waals surface area contributed by atoms with Gasteiger partial charge in [0, 0.05) is 0 Å². The van der Waals surface area contributed by atoms with Gasteiger partial charge in [-0.3, -0.25) is 0 Å². The summed E-state index contributed by atoms with van der Waals surface area (Å²) in [5, 5.41) is 9.05. The number of aliphatic hydroxyl groups is 1. The van der Waals surface area contributed by atoms with Crippen LogP contribution < -0.4 is 12.4 Å². The predicted octanol–water partition coefficient (Wildman–Crippen LogP) is -2.70. The Kier molecular flexibility index (Phi) is 6.81. The van der Waals surface area contributed by atoms with Crippen LogP contribution >= 0.6 is 11.6 Å². The first-order valence-corrected chi connectivity index (χ1v) is 3.53. The molecule has 0 bridgehead atoms. The Morgan fingerprint density at radius 2 is 1.80 bits per heavy atom. The van der Waals surface area contributed by atoms with Gasteiger partial charge in [-0.2, -0.15) is 0 Å². The van der Waals surface area contributed by atoms with Crippen molar-refractivity contribution in [1.29, 1.82) is 0 Å². The van der Waals surface area contributed by atoms with E-state index in [0.29, 0.717) is 12.4 Å². The molecule has 0 saturated carbocycles. The van der Waals surface area contributed by atoms with Gasteiger partial charge in [-0.15, -0.1) is 11.6 Å². The monoisotopic (exact) mass is 187 g/mol. The van der Waals surface area contributed by atoms with Crippen LogP contribution in [0.15, 0.2) is 0 Å². The molecule has 64 valence electrons. The largest absolute Gasteiger partial charge is 1.00 e. The summed E-state index contributed by atoms with van der Waals surface area (Å²) in [5.74, 6) is 0.329. The number of alkyl halides is 1. The van der Waals surface area contributed by atoms with E-state index in [1.54, 1.807) is 0 Å². The Hall–Kier alpha value is 0.500. The fourth-order valence-electron chi connectivity index (χ4n) is 0.681. The van der Waals surface area contributed by atoms with Gasteiger partial charge < -0.3 is 22.0 Å². The third-order valence-corrected chi connectivity index (χ3v) is 1.29. The van der Waals surface area contributed by atoms with E-state index < -0.39 is 0 Å². The van der Waals surface area contributed by atoms with Gasteiger partial charge in [0.25, 0.3) is 0 Å². The van der Waals surface area contributed by atoms with Gasteiger partial charge in [-0.25, -0.2) is 0 Å². The molecule has 10 heavy (non-hydrogen) atoms. The van der Waals surface area contributed by atoms with Gasteiger partial charge in [0.2, 0.25) is 0 Å². The van der Waals surface area contributed by atoms with Crippen LogP contribution in [0.1, 0.15) is 0 Å². The van der Waals surface area contributed by atoms with Crippen LogP contribution in [-0.2, 0) is 0 Å². The molecule has 1 N–H and O–H groups in total. The van der Waals surface area contributed by atoms with Crippen molar-refractivity contribution >= 4 is 11.6 Å². The lowest BCUT2D eigenvalue weighted by molar-refractivity contribution is -0.873. The first kappa shape index (κ1) is 13.1. The summed E-state index contributed by atoms with van der Waals surface area (Å²) in [6.45, 7) is 0.712. The molecule has 0 aliphatic carbocycles. The summed E-state index contributed by atoms with van der Waals surface area (Å²) >= 11 is 5.40. The number of rotatable bonds is 3. The molecule has 0 aliphatic rings. The highest BCUT2D eigenvalue weighted by Crippen LogP contribution is 1.95. The summed E-state index contributed by atoms with van der Waals surface area (Å²) < 4.78 is 0.758. The smallest absolute Gasteiger partial charge is 0.116 e. The SMILES string of the molecule is C[N+](C)(C)C[C@@H](O)CCl.[Cl-]. The van der Waals surface area contributed by atoms with Crippen molar-refractivity contribution in [2.45, 2.75) is 6.10 Å². The van der Waals surface area contributed by atoms with Crippen LogP contribution in [0.5, 0.6) is 0 Å². The van der Waals surface area contributed by atoms with Gasteiger partial charge in [0.15, 0.2) is 0 Å². The normalized spacial score (nSPS) is 14.1. The molecule has 0 amide bonds. The maximum atomic E-state index is 9.05. The number of quaternary nitrogens is 1. The lowest BCUT2D eigenvalue weighted by Crippen LogP contribution is -3.00. The number of halogens is 2. The molecule has 0 heterocycles. The van der Waals surface area contributed by atoms with Crippen LogP contribution in [0.4, 0.5) is 0 Å². The zero-order valence-electron chi connectivity index (χ0n) is 6.64. The van der Waals surface area contributed by atoms with E-state index in [2.05, 4.69) is 0 Å². The number of likely N-dealkylation sites (N-methyl/N-ethyl adjacent to an activating group) is 1. The minimum absolute atomic E-state index is 0. The fraction of sp³-hybridized carbons (Fsp3) is 1.00. The quantitative estimate of drug-likeness (QED) is 0.377. The van der Waals surface area contributed by atoms with E-state index in [1.807, 2.05) is 21.1 Å². The van der Waals surface area contributed by atoms with Crippen molar-refractivity contribution in [1.82, 2.24) is 0 Å². The molecule has 0 saturated heterocycles. The molecule has 0 aliphatic heterocycles. The highest BCUT2D eigenvalue weighted by atomic mass is 35.5. The first-order chi connectivity index (χ1) is 3.95. The molecule has 0 aromatic carbocycles. The number of hydrogen-bond acceptors (Lipinski definition) is 1. The summed E-state index contributed by atoms with van der Waals surface area (Å²) in [7, 11) is 6.07. The lowest BCUT2D eigenvalue weighted by atomic mass is 10.3. The van der Waals surface area contributed by atoms with Crippen LogP contribution in [0, 0.1) is 0 Å². The van der Waals surface area contributed by atoms with Crippen molar-refractivity contribution in [2.75, 3.05) is 33.6 Å². The third-order valence-electron chi connectivity index (χ3n) is 0.937. The maximum absolute atomic E-state index is 9.05. The number of hydrogen-bond donors (Lipinski definition) is 1. The molecule has 0 aromatic rings. The molecular formula is C6H15Cl2NO. The fourth-order valence-corrected chi connectivity index (χ4v) is 0.779. The zero-order chi connectivity index (χ0) is 7.49. The number of aliphatic hydroxyl groups excluding tert-OH is 1. The molecule has 0 unspecified atom stereocenters. The first-order valence-electron chi connectivity index (χ1n) is 3.00. The molecule has 0 fully saturated rings. The van der Waals surface area contributed by atoms with Gasteiger partial charge >= 0.3 is 0 Å². The number of nitrogens with zero attached hydrogens (tertiary/aromatic N) is 1. The Bertz CT molecular complexity index is 82.3. The molecule has 2 nitrogen and oxygen atoms in total. The molecule has 0 radical (unpaired) electrons. The summed E-state index contributed by atoms with van der Waals surface area (Å²) in [6.07, 6.45) is -0.369. The molecule has 1 atom stereocenters. The Morgan fingerprint density at radius 3 is 1.90 bits per heavy atom. The predicted molar refractivity (Wildman–Crippen MR) is 39.6 cm³/mol. The Morgan fingerprint density at radius 1 is 1.40 bits per heavy atom. The topological polar surface area (TPSA) is 20.2 Å². The van der Waals surface area contributed by atoms with Crippen LogP contribution in [0.25, 0.3) is 0 Å². The standard InChI is InChI=1S/C6H15ClNO.ClH/c1-8(2,3)5-6(9)4-7;/h6,9H,4-5H2,1-3H3;1H/q+1;/p-1/t6-;/m0./s1. The van der Waals surface area contributed by atoms with Gasteiger partial charge in [-0.1, -0.05) is 0 Å². The third kappa shape index (κ3) is 8.50. The zero-order valence-corrected chi connectivity index (χ0v) is 8.15. The van der Waals surface area contributed by atoms with E-state index >= 15 is 0 Å². The maximum Gasteiger partial charge on any atom is 0.116 e. The molecule has 0 spiro atoms. The van der Waals surface area contributed by atoms with Crippen LogP contribution in [0.3, 0.4) is 0 Å². The molecular weight excluding hydrogens is 173 g/mol. The van der Waals surface area contributed by atoms with Crippen molar-refractivity contribution in [3.05, 3.63) is 0 Å². The van der Waals surface area contributed by atoms with Gasteiger partial charge in [0.05, 0.1) is 27.0 Å². The highest BCUT2D eigenvalue weighted by molar-refractivity contribution is 6.18. The van der Waals surface area contributed by atoms with Crippen molar-refractivity contribution < 1.29 is 22.0 Å². The van der Waals surface area contributed by atoms with Crippen molar-refractivity contribution in [2.24, 2.45) is 0 Å². The van der Waals surface area contributed by atoms with E-state index in [0.717, 1.165) is 4.48 Å². The highest BCUT2D eigenvalue weighted by Gasteiger charge is 2.13. The lowest BCUT2D eigenvalue weighted by Gasteiger charge is -2.25. The van der Waals surface area contributed by atoms with Gasteiger partial charge in [-0.05, 0) is 0 Å². The molecule has 0 rings (SSSR count). The molecule has 4 heteroatoms. The Balaban J connectivity index is 0. The van der Waals surface area contributed by atoms with Crippen LogP contribution in [0.2, 0.25) is 0 Å². The second-order valence-electron chi connectivity index (χ2n) is 3.28. The van der Waals surface area contributed by atoms with Crippen molar-refractivity contribution in [3.8, 4) is 0 Å². The second kappa shape index (κ2) is 5.19. The summed E-state index contributed by atoms with van der Waals surface area (Å²) in [4.78, 5) is 0. The van der Waals surface area contributed by atoms with Crippen LogP contribution in [-0.4, -0.2) is 49.3 Å². The molecule has 0 aromatic heterocycles. The van der Waals surface area contributed by atoms with E-state index in [1.165, 1.54) is 0 Å². The average molecular weight is 188 g/mol.